The minimum atomic E-state index is 0. The topological polar surface area (TPSA) is 40.1 Å². The predicted octanol–water partition coefficient (Wildman–Crippen LogP) is 3.97. The quantitative estimate of drug-likeness (QED) is 0.342. The molecule has 1 N–H and O–H groups in total. The van der Waals surface area contributed by atoms with Crippen LogP contribution in [0.5, 0.6) is 0 Å². The number of ether oxygens (including phenoxy) is 1. The molecule has 0 aromatic heterocycles. The van der Waals surface area contributed by atoms with Crippen LogP contribution in [0, 0.1) is 11.3 Å². The number of benzene rings is 1. The Bertz CT molecular complexity index is 680. The van der Waals surface area contributed by atoms with E-state index in [1.807, 2.05) is 0 Å². The molecule has 0 saturated carbocycles. The second-order valence-electron chi connectivity index (χ2n) is 8.25. The van der Waals surface area contributed by atoms with Crippen molar-refractivity contribution >= 4 is 51.6 Å². The number of aliphatic imine (C=N–C) groups is 1. The number of halogens is 2. The summed E-state index contributed by atoms with van der Waals surface area (Å²) >= 11 is 3.58. The average molecular weight is 563 g/mol. The first kappa shape index (κ1) is 22.2. The Balaban J connectivity index is 0.00000225. The van der Waals surface area contributed by atoms with Crippen molar-refractivity contribution in [1.82, 2.24) is 10.2 Å². The van der Waals surface area contributed by atoms with E-state index in [1.54, 1.807) is 0 Å². The molecule has 3 heterocycles. The lowest BCUT2D eigenvalue weighted by Crippen LogP contribution is -2.41. The Hall–Kier alpha value is -0.540. The summed E-state index contributed by atoms with van der Waals surface area (Å²) in [5.41, 5.74) is 1.69. The molecule has 4 rings (SSSR count). The molecule has 0 radical (unpaired) electrons. The molecule has 3 fully saturated rings. The van der Waals surface area contributed by atoms with Gasteiger partial charge in [-0.2, -0.15) is 0 Å². The van der Waals surface area contributed by atoms with Crippen molar-refractivity contribution in [3.8, 4) is 0 Å². The molecule has 156 valence electrons. The Morgan fingerprint density at radius 2 is 2.25 bits per heavy atom. The highest BCUT2D eigenvalue weighted by molar-refractivity contribution is 14.0. The maximum atomic E-state index is 5.68. The van der Waals surface area contributed by atoms with Crippen LogP contribution >= 0.6 is 39.9 Å². The molecule has 3 aliphatic heterocycles. The molecule has 2 atom stereocenters. The molecule has 0 aliphatic carbocycles. The number of anilines is 1. The van der Waals surface area contributed by atoms with E-state index >= 15 is 0 Å². The molecule has 0 amide bonds. The van der Waals surface area contributed by atoms with E-state index in [0.29, 0.717) is 11.3 Å². The fourth-order valence-electron chi connectivity index (χ4n) is 4.62. The predicted molar refractivity (Wildman–Crippen MR) is 130 cm³/mol. The molecule has 1 aromatic rings. The van der Waals surface area contributed by atoms with Gasteiger partial charge in [0.15, 0.2) is 5.96 Å². The summed E-state index contributed by atoms with van der Waals surface area (Å²) in [6.07, 6.45) is 3.65. The first-order valence-electron chi connectivity index (χ1n) is 10.3. The number of hydrogen-bond acceptors (Lipinski definition) is 3. The average Bonchev–Trinajstić information content (AvgIpc) is 3.41. The maximum Gasteiger partial charge on any atom is 0.193 e. The lowest BCUT2D eigenvalue weighted by atomic mass is 9.87. The van der Waals surface area contributed by atoms with E-state index in [4.69, 9.17) is 9.73 Å². The van der Waals surface area contributed by atoms with Gasteiger partial charge < -0.3 is 19.9 Å². The number of nitrogens with zero attached hydrogens (tertiary/aromatic N) is 3. The van der Waals surface area contributed by atoms with Gasteiger partial charge in [-0.05, 0) is 50.3 Å². The SMILES string of the molecule is CCNC(=NCC1CCN(c2cccc(Br)c2)C1)N1CCC2(CCOC2)C1.I. The molecular formula is C21H32BrIN4O. The largest absolute Gasteiger partial charge is 0.381 e. The smallest absolute Gasteiger partial charge is 0.193 e. The van der Waals surface area contributed by atoms with Crippen molar-refractivity contribution in [2.75, 3.05) is 57.4 Å². The van der Waals surface area contributed by atoms with Gasteiger partial charge in [0, 0.05) is 61.5 Å². The van der Waals surface area contributed by atoms with Crippen LogP contribution in [0.4, 0.5) is 5.69 Å². The van der Waals surface area contributed by atoms with E-state index in [9.17, 15) is 0 Å². The summed E-state index contributed by atoms with van der Waals surface area (Å²) < 4.78 is 6.83. The molecule has 2 unspecified atom stereocenters. The van der Waals surface area contributed by atoms with Gasteiger partial charge in [0.1, 0.15) is 0 Å². The minimum Gasteiger partial charge on any atom is -0.381 e. The van der Waals surface area contributed by atoms with E-state index < -0.39 is 0 Å². The van der Waals surface area contributed by atoms with E-state index in [1.165, 1.54) is 24.9 Å². The Kier molecular flexibility index (Phi) is 7.89. The van der Waals surface area contributed by atoms with Crippen molar-refractivity contribution in [3.63, 3.8) is 0 Å². The van der Waals surface area contributed by atoms with Gasteiger partial charge in [-0.25, -0.2) is 0 Å². The number of nitrogens with one attached hydrogen (secondary N) is 1. The summed E-state index contributed by atoms with van der Waals surface area (Å²) in [4.78, 5) is 9.97. The summed E-state index contributed by atoms with van der Waals surface area (Å²) in [5.74, 6) is 1.73. The normalized spacial score (nSPS) is 27.5. The van der Waals surface area contributed by atoms with Crippen LogP contribution in [0.15, 0.2) is 33.7 Å². The monoisotopic (exact) mass is 562 g/mol. The van der Waals surface area contributed by atoms with E-state index in [2.05, 4.69) is 62.2 Å². The highest BCUT2D eigenvalue weighted by Crippen LogP contribution is 2.38. The molecule has 1 aromatic carbocycles. The Morgan fingerprint density at radius 1 is 1.36 bits per heavy atom. The zero-order valence-electron chi connectivity index (χ0n) is 16.7. The van der Waals surface area contributed by atoms with Gasteiger partial charge in [-0.1, -0.05) is 22.0 Å². The van der Waals surface area contributed by atoms with Gasteiger partial charge in [-0.15, -0.1) is 24.0 Å². The first-order valence-corrected chi connectivity index (χ1v) is 11.1. The van der Waals surface area contributed by atoms with Crippen LogP contribution in [0.2, 0.25) is 0 Å². The van der Waals surface area contributed by atoms with Gasteiger partial charge in [0.25, 0.3) is 0 Å². The van der Waals surface area contributed by atoms with Crippen molar-refractivity contribution < 1.29 is 4.74 Å². The van der Waals surface area contributed by atoms with Crippen molar-refractivity contribution in [2.45, 2.75) is 26.2 Å². The van der Waals surface area contributed by atoms with E-state index in [0.717, 1.165) is 62.9 Å². The Labute approximate surface area is 194 Å². The Morgan fingerprint density at radius 3 is 3.00 bits per heavy atom. The highest BCUT2D eigenvalue weighted by Gasteiger charge is 2.42. The molecule has 3 aliphatic rings. The van der Waals surface area contributed by atoms with Crippen molar-refractivity contribution in [3.05, 3.63) is 28.7 Å². The van der Waals surface area contributed by atoms with Gasteiger partial charge >= 0.3 is 0 Å². The fraction of sp³-hybridized carbons (Fsp3) is 0.667. The lowest BCUT2D eigenvalue weighted by Gasteiger charge is -2.25. The molecule has 5 nitrogen and oxygen atoms in total. The fourth-order valence-corrected chi connectivity index (χ4v) is 5.00. The van der Waals surface area contributed by atoms with E-state index in [-0.39, 0.29) is 24.0 Å². The second kappa shape index (κ2) is 9.98. The molecule has 28 heavy (non-hydrogen) atoms. The van der Waals surface area contributed by atoms with Gasteiger partial charge in [-0.3, -0.25) is 4.99 Å². The minimum absolute atomic E-state index is 0. The zero-order chi connectivity index (χ0) is 18.7. The third-order valence-electron chi connectivity index (χ3n) is 6.22. The van der Waals surface area contributed by atoms with Crippen LogP contribution in [-0.2, 0) is 4.74 Å². The maximum absolute atomic E-state index is 5.68. The number of hydrogen-bond donors (Lipinski definition) is 1. The lowest BCUT2D eigenvalue weighted by molar-refractivity contribution is 0.156. The zero-order valence-corrected chi connectivity index (χ0v) is 20.6. The number of rotatable bonds is 4. The van der Waals surface area contributed by atoms with Crippen LogP contribution in [0.3, 0.4) is 0 Å². The van der Waals surface area contributed by atoms with Gasteiger partial charge in [0.05, 0.1) is 6.61 Å². The summed E-state index contributed by atoms with van der Waals surface area (Å²) in [7, 11) is 0. The third-order valence-corrected chi connectivity index (χ3v) is 6.71. The summed E-state index contributed by atoms with van der Waals surface area (Å²) in [5, 5.41) is 3.52. The molecular weight excluding hydrogens is 531 g/mol. The summed E-state index contributed by atoms with van der Waals surface area (Å²) in [6, 6.07) is 8.61. The van der Waals surface area contributed by atoms with Crippen LogP contribution in [0.25, 0.3) is 0 Å². The third kappa shape index (κ3) is 5.14. The first-order chi connectivity index (χ1) is 13.2. The van der Waals surface area contributed by atoms with Gasteiger partial charge in [0.2, 0.25) is 0 Å². The van der Waals surface area contributed by atoms with Crippen LogP contribution < -0.4 is 10.2 Å². The van der Waals surface area contributed by atoms with Crippen LogP contribution in [-0.4, -0.2) is 63.3 Å². The highest BCUT2D eigenvalue weighted by atomic mass is 127. The van der Waals surface area contributed by atoms with Crippen molar-refractivity contribution in [2.24, 2.45) is 16.3 Å². The number of likely N-dealkylation sites (tertiary alicyclic amines) is 1. The molecule has 1 spiro atoms. The summed E-state index contributed by atoms with van der Waals surface area (Å²) in [6.45, 7) is 10.2. The molecule has 7 heteroatoms. The number of guanidine groups is 1. The van der Waals surface area contributed by atoms with Crippen molar-refractivity contribution in [1.29, 1.82) is 0 Å². The molecule has 3 saturated heterocycles. The molecule has 0 bridgehead atoms. The van der Waals surface area contributed by atoms with Crippen LogP contribution in [0.1, 0.15) is 26.2 Å². The second-order valence-corrected chi connectivity index (χ2v) is 9.17. The standard InChI is InChI=1S/C21H31BrN4O.HI/c1-2-23-20(26-10-7-21(15-26)8-11-27-16-21)24-13-17-6-9-25(14-17)19-5-3-4-18(22)12-19;/h3-5,12,17H,2,6-11,13-16H2,1H3,(H,23,24);1H.